The summed E-state index contributed by atoms with van der Waals surface area (Å²) in [6.45, 7) is 3.38. The standard InChI is InChI=1S/C15H18N6O4/c1-3-7-9(22)15(2,24)13(25-7)21-4-6-8-11(17-5-18-12(8)21)20-14(23)19-10(6)16/h4-5,7,9,13,22,24H,3H2,1-2H3,(H3,16,17,18,19,20,23)/t7?,9-,13?,15-/m1/s1. The minimum absolute atomic E-state index is 0.00267. The molecule has 0 bridgehead atoms. The third-order valence-corrected chi connectivity index (χ3v) is 4.74. The Bertz CT molecular complexity index is 953. The van der Waals surface area contributed by atoms with E-state index in [1.165, 1.54) is 13.3 Å². The summed E-state index contributed by atoms with van der Waals surface area (Å²) < 4.78 is 7.46. The van der Waals surface area contributed by atoms with Gasteiger partial charge in [-0.25, -0.2) is 9.79 Å². The first-order valence-corrected chi connectivity index (χ1v) is 7.92. The summed E-state index contributed by atoms with van der Waals surface area (Å²) in [5, 5.41) is 24.9. The average molecular weight is 346 g/mol. The lowest BCUT2D eigenvalue weighted by atomic mass is 9.95. The lowest BCUT2D eigenvalue weighted by molar-refractivity contribution is -0.0944. The zero-order chi connectivity index (χ0) is 17.9. The maximum atomic E-state index is 11.7. The van der Waals surface area contributed by atoms with Crippen LogP contribution in [-0.4, -0.2) is 48.9 Å². The van der Waals surface area contributed by atoms with Gasteiger partial charge in [0.15, 0.2) is 6.23 Å². The Hall–Kier alpha value is -2.56. The van der Waals surface area contributed by atoms with Gasteiger partial charge >= 0.3 is 5.69 Å². The smallest absolute Gasteiger partial charge is 0.371 e. The highest BCUT2D eigenvalue weighted by Crippen LogP contribution is 2.45. The number of anilines is 2. The highest BCUT2D eigenvalue weighted by molar-refractivity contribution is 6.09. The van der Waals surface area contributed by atoms with Crippen LogP contribution in [0.4, 0.5) is 17.5 Å². The lowest BCUT2D eigenvalue weighted by Crippen LogP contribution is -2.43. The molecule has 2 aromatic rings. The van der Waals surface area contributed by atoms with Crippen LogP contribution < -0.4 is 16.7 Å². The number of nitrogens with two attached hydrogens (primary N) is 1. The Labute approximate surface area is 142 Å². The molecule has 2 aliphatic heterocycles. The van der Waals surface area contributed by atoms with E-state index in [2.05, 4.69) is 20.3 Å². The highest BCUT2D eigenvalue weighted by Gasteiger charge is 2.53. The molecule has 2 aromatic heterocycles. The van der Waals surface area contributed by atoms with Crippen molar-refractivity contribution in [3.8, 4) is 0 Å². The summed E-state index contributed by atoms with van der Waals surface area (Å²) in [7, 11) is 0. The topological polar surface area (TPSA) is 148 Å². The van der Waals surface area contributed by atoms with Crippen molar-refractivity contribution in [2.45, 2.75) is 44.3 Å². The van der Waals surface area contributed by atoms with E-state index in [0.29, 0.717) is 23.0 Å². The molecule has 2 aliphatic rings. The van der Waals surface area contributed by atoms with E-state index in [1.54, 1.807) is 10.8 Å². The van der Waals surface area contributed by atoms with Crippen molar-refractivity contribution in [2.24, 2.45) is 4.99 Å². The fraction of sp³-hybridized carbons (Fsp3) is 0.467. The molecule has 0 aliphatic carbocycles. The molecule has 2 unspecified atom stereocenters. The van der Waals surface area contributed by atoms with Gasteiger partial charge in [-0.15, -0.1) is 0 Å². The summed E-state index contributed by atoms with van der Waals surface area (Å²) in [5.74, 6) is 0.690. The van der Waals surface area contributed by atoms with Crippen LogP contribution in [0.15, 0.2) is 16.0 Å². The Morgan fingerprint density at radius 2 is 2.24 bits per heavy atom. The van der Waals surface area contributed by atoms with Gasteiger partial charge in [0.05, 0.1) is 17.8 Å². The average Bonchev–Trinajstić information content (AvgIpc) is 3.00. The van der Waals surface area contributed by atoms with E-state index in [1.807, 2.05) is 6.92 Å². The van der Waals surface area contributed by atoms with E-state index >= 15 is 0 Å². The van der Waals surface area contributed by atoms with Gasteiger partial charge < -0.3 is 30.6 Å². The first kappa shape index (κ1) is 15.9. The van der Waals surface area contributed by atoms with Crippen molar-refractivity contribution >= 4 is 34.6 Å². The van der Waals surface area contributed by atoms with Crippen molar-refractivity contribution in [1.29, 1.82) is 0 Å². The molecule has 10 nitrogen and oxygen atoms in total. The Morgan fingerprint density at radius 3 is 2.92 bits per heavy atom. The van der Waals surface area contributed by atoms with Gasteiger partial charge in [0, 0.05) is 11.6 Å². The number of rotatable bonds is 2. The molecule has 4 atom stereocenters. The van der Waals surface area contributed by atoms with E-state index in [4.69, 9.17) is 10.5 Å². The van der Waals surface area contributed by atoms with Crippen LogP contribution >= 0.6 is 0 Å². The molecule has 5 N–H and O–H groups in total. The predicted octanol–water partition coefficient (Wildman–Crippen LogP) is -0.122. The van der Waals surface area contributed by atoms with Gasteiger partial charge in [-0.1, -0.05) is 6.92 Å². The first-order valence-electron chi connectivity index (χ1n) is 7.92. The number of hydrogen-bond donors (Lipinski definition) is 4. The zero-order valence-electron chi connectivity index (χ0n) is 13.7. The molecular weight excluding hydrogens is 328 g/mol. The van der Waals surface area contributed by atoms with Gasteiger partial charge in [-0.2, -0.15) is 9.97 Å². The largest absolute Gasteiger partial charge is 0.387 e. The molecule has 0 spiro atoms. The summed E-state index contributed by atoms with van der Waals surface area (Å²) in [6.07, 6.45) is 1.08. The number of hydrogen-bond acceptors (Lipinski definition) is 9. The van der Waals surface area contributed by atoms with Crippen molar-refractivity contribution in [3.05, 3.63) is 16.7 Å². The van der Waals surface area contributed by atoms with Gasteiger partial charge in [-0.3, -0.25) is 0 Å². The SMILES string of the molecule is CCC1OC(n2cc3c(N)nc(=O)nc4c3c2N=CN4)[C@](C)(O)[C@@H]1O. The van der Waals surface area contributed by atoms with Crippen LogP contribution in [0.25, 0.3) is 10.8 Å². The van der Waals surface area contributed by atoms with E-state index < -0.39 is 29.7 Å². The second-order valence-electron chi connectivity index (χ2n) is 6.40. The number of aromatic nitrogens is 3. The number of aliphatic hydroxyl groups is 2. The van der Waals surface area contributed by atoms with Crippen LogP contribution in [0.3, 0.4) is 0 Å². The fourth-order valence-corrected chi connectivity index (χ4v) is 3.42. The third-order valence-electron chi connectivity index (χ3n) is 4.74. The molecular formula is C15H18N6O4. The molecule has 4 rings (SSSR count). The van der Waals surface area contributed by atoms with Gasteiger partial charge in [-0.05, 0) is 13.3 Å². The first-order chi connectivity index (χ1) is 11.8. The maximum absolute atomic E-state index is 11.7. The lowest BCUT2D eigenvalue weighted by Gasteiger charge is -2.28. The van der Waals surface area contributed by atoms with Crippen LogP contribution in [-0.2, 0) is 4.74 Å². The van der Waals surface area contributed by atoms with Crippen molar-refractivity contribution in [3.63, 3.8) is 0 Å². The van der Waals surface area contributed by atoms with Crippen LogP contribution in [0.2, 0.25) is 0 Å². The Morgan fingerprint density at radius 1 is 1.48 bits per heavy atom. The predicted molar refractivity (Wildman–Crippen MR) is 90.8 cm³/mol. The second-order valence-corrected chi connectivity index (χ2v) is 6.40. The van der Waals surface area contributed by atoms with E-state index in [-0.39, 0.29) is 11.6 Å². The monoisotopic (exact) mass is 346 g/mol. The Balaban J connectivity index is 1.98. The summed E-state index contributed by atoms with van der Waals surface area (Å²) in [4.78, 5) is 23.6. The molecule has 1 saturated heterocycles. The van der Waals surface area contributed by atoms with Crippen LogP contribution in [0.1, 0.15) is 26.5 Å². The van der Waals surface area contributed by atoms with Crippen LogP contribution in [0, 0.1) is 0 Å². The molecule has 0 saturated carbocycles. The minimum atomic E-state index is -1.53. The number of nitrogens with zero attached hydrogens (tertiary/aromatic N) is 4. The molecule has 0 amide bonds. The minimum Gasteiger partial charge on any atom is -0.387 e. The summed E-state index contributed by atoms with van der Waals surface area (Å²) in [6, 6.07) is 0. The summed E-state index contributed by atoms with van der Waals surface area (Å²) >= 11 is 0. The summed E-state index contributed by atoms with van der Waals surface area (Å²) in [5.41, 5.74) is 3.67. The van der Waals surface area contributed by atoms with Gasteiger partial charge in [0.2, 0.25) is 0 Å². The zero-order valence-corrected chi connectivity index (χ0v) is 13.7. The number of aliphatic imine (C=N–C) groups is 1. The number of ether oxygens (including phenoxy) is 1. The van der Waals surface area contributed by atoms with E-state index in [0.717, 1.165) is 0 Å². The number of aliphatic hydroxyl groups excluding tert-OH is 1. The van der Waals surface area contributed by atoms with Crippen molar-refractivity contribution in [1.82, 2.24) is 14.5 Å². The van der Waals surface area contributed by atoms with Crippen molar-refractivity contribution < 1.29 is 14.9 Å². The van der Waals surface area contributed by atoms with Crippen molar-refractivity contribution in [2.75, 3.05) is 11.1 Å². The second kappa shape index (κ2) is 5.22. The number of nitrogen functional groups attached to an aromatic ring is 1. The third kappa shape index (κ3) is 2.15. The Kier molecular flexibility index (Phi) is 3.33. The molecule has 1 fully saturated rings. The fourth-order valence-electron chi connectivity index (χ4n) is 3.42. The molecule has 4 heterocycles. The van der Waals surface area contributed by atoms with E-state index in [9.17, 15) is 15.0 Å². The molecule has 25 heavy (non-hydrogen) atoms. The van der Waals surface area contributed by atoms with Gasteiger partial charge in [0.25, 0.3) is 0 Å². The molecule has 10 heteroatoms. The highest BCUT2D eigenvalue weighted by atomic mass is 16.6. The van der Waals surface area contributed by atoms with Gasteiger partial charge in [0.1, 0.15) is 29.2 Å². The quantitative estimate of drug-likeness (QED) is 0.588. The van der Waals surface area contributed by atoms with Crippen LogP contribution in [0.5, 0.6) is 0 Å². The molecule has 0 radical (unpaired) electrons. The molecule has 132 valence electrons. The normalized spacial score (nSPS) is 30.6. The maximum Gasteiger partial charge on any atom is 0.371 e. The number of nitrogens with one attached hydrogen (secondary N) is 1. The molecule has 0 aromatic carbocycles.